The van der Waals surface area contributed by atoms with Crippen LogP contribution in [-0.4, -0.2) is 64.0 Å². The van der Waals surface area contributed by atoms with Crippen molar-refractivity contribution in [1.29, 1.82) is 0 Å². The molecule has 0 saturated carbocycles. The molecule has 0 aromatic heterocycles. The van der Waals surface area contributed by atoms with Crippen molar-refractivity contribution in [1.82, 2.24) is 15.5 Å². The molecule has 1 aliphatic heterocycles. The molecule has 1 aliphatic rings. The summed E-state index contributed by atoms with van der Waals surface area (Å²) in [5.41, 5.74) is 1.28. The molecule has 0 spiro atoms. The third-order valence-electron chi connectivity index (χ3n) is 5.01. The molecule has 0 aliphatic carbocycles. The van der Waals surface area contributed by atoms with Crippen molar-refractivity contribution < 1.29 is 8.42 Å². The maximum absolute atomic E-state index is 11.6. The second-order valence-corrected chi connectivity index (χ2v) is 8.98. The van der Waals surface area contributed by atoms with E-state index in [0.717, 1.165) is 32.0 Å². The number of sulfone groups is 1. The fraction of sp³-hybridized carbons (Fsp3) is 0.632. The molecule has 0 radical (unpaired) electrons. The minimum atomic E-state index is -2.84. The molecule has 1 saturated heterocycles. The van der Waals surface area contributed by atoms with Crippen LogP contribution in [0.2, 0.25) is 0 Å². The Hall–Kier alpha value is -0.870. The van der Waals surface area contributed by atoms with Gasteiger partial charge in [0.25, 0.3) is 0 Å². The number of rotatable bonds is 8. The largest absolute Gasteiger partial charge is 0.356 e. The van der Waals surface area contributed by atoms with Gasteiger partial charge in [-0.25, -0.2) is 8.42 Å². The zero-order chi connectivity index (χ0) is 19.0. The fourth-order valence-electron chi connectivity index (χ4n) is 3.49. The molecule has 1 fully saturated rings. The van der Waals surface area contributed by atoms with Gasteiger partial charge in [0.2, 0.25) is 0 Å². The van der Waals surface area contributed by atoms with Crippen molar-refractivity contribution in [2.75, 3.05) is 44.7 Å². The molecular weight excluding hydrogens is 475 g/mol. The van der Waals surface area contributed by atoms with Crippen LogP contribution in [0.3, 0.4) is 0 Å². The highest BCUT2D eigenvalue weighted by Gasteiger charge is 2.27. The molecule has 27 heavy (non-hydrogen) atoms. The Bertz CT molecular complexity index is 678. The van der Waals surface area contributed by atoms with Crippen LogP contribution in [0.25, 0.3) is 0 Å². The molecule has 0 amide bonds. The van der Waals surface area contributed by atoms with Gasteiger partial charge in [-0.15, -0.1) is 24.0 Å². The molecule has 2 rings (SSSR count). The summed E-state index contributed by atoms with van der Waals surface area (Å²) >= 11 is 0. The van der Waals surface area contributed by atoms with Crippen LogP contribution in [0.5, 0.6) is 0 Å². The van der Waals surface area contributed by atoms with Crippen LogP contribution in [0, 0.1) is 5.92 Å². The fourth-order valence-corrected chi connectivity index (χ4v) is 5.35. The number of benzene rings is 1. The number of guanidine groups is 1. The Morgan fingerprint density at radius 2 is 1.89 bits per heavy atom. The van der Waals surface area contributed by atoms with Crippen molar-refractivity contribution >= 4 is 39.8 Å². The van der Waals surface area contributed by atoms with Crippen LogP contribution >= 0.6 is 24.0 Å². The lowest BCUT2D eigenvalue weighted by Gasteiger charge is -2.31. The van der Waals surface area contributed by atoms with E-state index < -0.39 is 9.84 Å². The zero-order valence-electron chi connectivity index (χ0n) is 16.5. The number of aliphatic imine (C=N–C) groups is 1. The van der Waals surface area contributed by atoms with Crippen LogP contribution in [0.15, 0.2) is 35.3 Å². The number of nitrogens with zero attached hydrogens (tertiary/aromatic N) is 2. The van der Waals surface area contributed by atoms with Crippen molar-refractivity contribution in [3.63, 3.8) is 0 Å². The second-order valence-electron chi connectivity index (χ2n) is 6.75. The first-order chi connectivity index (χ1) is 12.5. The smallest absolute Gasteiger partial charge is 0.191 e. The predicted molar refractivity (Wildman–Crippen MR) is 124 cm³/mol. The lowest BCUT2D eigenvalue weighted by molar-refractivity contribution is 0.219. The molecule has 6 nitrogen and oxygen atoms in total. The average molecular weight is 508 g/mol. The van der Waals surface area contributed by atoms with E-state index in [9.17, 15) is 8.42 Å². The second kappa shape index (κ2) is 11.9. The van der Waals surface area contributed by atoms with Crippen LogP contribution in [-0.2, 0) is 9.84 Å². The van der Waals surface area contributed by atoms with Gasteiger partial charge >= 0.3 is 0 Å². The summed E-state index contributed by atoms with van der Waals surface area (Å²) in [7, 11) is -1.09. The van der Waals surface area contributed by atoms with E-state index in [1.54, 1.807) is 7.05 Å². The van der Waals surface area contributed by atoms with Crippen LogP contribution < -0.4 is 10.6 Å². The zero-order valence-corrected chi connectivity index (χ0v) is 19.7. The average Bonchev–Trinajstić information content (AvgIpc) is 3.00. The molecule has 154 valence electrons. The van der Waals surface area contributed by atoms with Gasteiger partial charge in [0.05, 0.1) is 17.5 Å². The van der Waals surface area contributed by atoms with Crippen LogP contribution in [0.4, 0.5) is 0 Å². The molecule has 2 unspecified atom stereocenters. The summed E-state index contributed by atoms with van der Waals surface area (Å²) in [6.45, 7) is 7.68. The Morgan fingerprint density at radius 1 is 1.22 bits per heavy atom. The Kier molecular flexibility index (Phi) is 10.6. The summed E-state index contributed by atoms with van der Waals surface area (Å²) < 4.78 is 23.2. The summed E-state index contributed by atoms with van der Waals surface area (Å²) in [5, 5.41) is 6.70. The Labute approximate surface area is 181 Å². The maximum atomic E-state index is 11.6. The first-order valence-corrected chi connectivity index (χ1v) is 11.2. The summed E-state index contributed by atoms with van der Waals surface area (Å²) in [4.78, 5) is 6.70. The number of hydrogen-bond acceptors (Lipinski definition) is 4. The minimum absolute atomic E-state index is 0. The SMILES string of the molecule is CCN(CC)C(CNC(=NC)NCC1CCS(=O)(=O)C1)c1ccccc1.I. The van der Waals surface area contributed by atoms with Gasteiger partial charge < -0.3 is 10.6 Å². The van der Waals surface area contributed by atoms with E-state index in [0.29, 0.717) is 12.3 Å². The molecular formula is C19H33IN4O2S. The van der Waals surface area contributed by atoms with E-state index in [2.05, 4.69) is 58.6 Å². The number of nitrogens with one attached hydrogen (secondary N) is 2. The normalized spacial score (nSPS) is 20.1. The molecule has 1 heterocycles. The number of halogens is 1. The van der Waals surface area contributed by atoms with E-state index >= 15 is 0 Å². The number of likely N-dealkylation sites (N-methyl/N-ethyl adjacent to an activating group) is 1. The van der Waals surface area contributed by atoms with Gasteiger partial charge in [-0.05, 0) is 31.0 Å². The molecule has 2 N–H and O–H groups in total. The van der Waals surface area contributed by atoms with Gasteiger partial charge in [0, 0.05) is 20.1 Å². The van der Waals surface area contributed by atoms with E-state index in [1.807, 2.05) is 6.07 Å². The van der Waals surface area contributed by atoms with Crippen molar-refractivity contribution in [2.45, 2.75) is 26.3 Å². The van der Waals surface area contributed by atoms with Gasteiger partial charge in [-0.1, -0.05) is 44.2 Å². The molecule has 8 heteroatoms. The monoisotopic (exact) mass is 508 g/mol. The summed E-state index contributed by atoms with van der Waals surface area (Å²) in [6, 6.07) is 10.7. The first kappa shape index (κ1) is 24.2. The Morgan fingerprint density at radius 3 is 2.41 bits per heavy atom. The lowest BCUT2D eigenvalue weighted by atomic mass is 10.1. The van der Waals surface area contributed by atoms with Gasteiger partial charge in [0.1, 0.15) is 0 Å². The Balaban J connectivity index is 0.00000364. The van der Waals surface area contributed by atoms with E-state index in [4.69, 9.17) is 0 Å². The van der Waals surface area contributed by atoms with Crippen molar-refractivity contribution in [3.05, 3.63) is 35.9 Å². The highest BCUT2D eigenvalue weighted by atomic mass is 127. The topological polar surface area (TPSA) is 73.8 Å². The third kappa shape index (κ3) is 7.57. The van der Waals surface area contributed by atoms with E-state index in [-0.39, 0.29) is 41.7 Å². The van der Waals surface area contributed by atoms with Gasteiger partial charge in [-0.2, -0.15) is 0 Å². The van der Waals surface area contributed by atoms with Crippen LogP contribution in [0.1, 0.15) is 31.9 Å². The van der Waals surface area contributed by atoms with Gasteiger partial charge in [0.15, 0.2) is 15.8 Å². The quantitative estimate of drug-likeness (QED) is 0.320. The summed E-state index contributed by atoms with van der Waals surface area (Å²) in [5.74, 6) is 1.49. The first-order valence-electron chi connectivity index (χ1n) is 9.43. The molecule has 1 aromatic carbocycles. The van der Waals surface area contributed by atoms with Crippen molar-refractivity contribution in [2.24, 2.45) is 10.9 Å². The lowest BCUT2D eigenvalue weighted by Crippen LogP contribution is -2.44. The minimum Gasteiger partial charge on any atom is -0.356 e. The molecule has 1 aromatic rings. The maximum Gasteiger partial charge on any atom is 0.191 e. The molecule has 0 bridgehead atoms. The highest BCUT2D eigenvalue weighted by molar-refractivity contribution is 14.0. The number of hydrogen-bond donors (Lipinski definition) is 2. The summed E-state index contributed by atoms with van der Waals surface area (Å²) in [6.07, 6.45) is 0.735. The highest BCUT2D eigenvalue weighted by Crippen LogP contribution is 2.20. The standard InChI is InChI=1S/C19H32N4O2S.HI/c1-4-23(5-2)18(17-9-7-6-8-10-17)14-22-19(20-3)21-13-16-11-12-26(24,25)15-16;/h6-10,16,18H,4-5,11-15H2,1-3H3,(H2,20,21,22);1H. The van der Waals surface area contributed by atoms with Gasteiger partial charge in [-0.3, -0.25) is 9.89 Å². The predicted octanol–water partition coefficient (Wildman–Crippen LogP) is 2.29. The molecule has 2 atom stereocenters. The van der Waals surface area contributed by atoms with Crippen molar-refractivity contribution in [3.8, 4) is 0 Å². The third-order valence-corrected chi connectivity index (χ3v) is 6.85. The van der Waals surface area contributed by atoms with E-state index in [1.165, 1.54) is 5.56 Å².